The summed E-state index contributed by atoms with van der Waals surface area (Å²) < 4.78 is 115. The van der Waals surface area contributed by atoms with Crippen LogP contribution in [0.3, 0.4) is 0 Å². The number of aliphatic carboxylic acids is 1. The Morgan fingerprint density at radius 3 is 0.452 bits per heavy atom. The molecule has 0 rings (SSSR count). The van der Waals surface area contributed by atoms with Gasteiger partial charge in [0.2, 0.25) is 0 Å². The molecule has 0 aromatic rings. The molecule has 23 nitrogen and oxygen atoms in total. The number of ether oxygens (including phenoxy) is 21. The largest absolute Gasteiger partial charge is 1.00 e. The minimum atomic E-state index is -1.25. The summed E-state index contributed by atoms with van der Waals surface area (Å²) in [7, 11) is 0. The molecule has 0 saturated heterocycles. The number of unbranched alkanes of at least 4 members (excludes halogenated alkanes) is 15. The molecule has 0 bridgehead atoms. The second-order valence-corrected chi connectivity index (χ2v) is 19.0. The minimum absolute atomic E-state index is 0. The first-order valence-electron chi connectivity index (χ1n) is 31.6. The molecule has 0 N–H and O–H groups in total. The van der Waals surface area contributed by atoms with Crippen molar-refractivity contribution in [2.24, 2.45) is 0 Å². The quantitative estimate of drug-likeness (QED) is 0.0628. The van der Waals surface area contributed by atoms with Crippen molar-refractivity contribution in [2.45, 2.75) is 110 Å². The number of carbonyl (C=O) groups excluding carboxylic acids is 1. The third kappa shape index (κ3) is 83.7. The third-order valence-electron chi connectivity index (χ3n) is 11.8. The second kappa shape index (κ2) is 82.6. The molecule has 0 heterocycles. The molecule has 0 aliphatic rings. The fourth-order valence-electron chi connectivity index (χ4n) is 7.31. The molecule has 24 heteroatoms. The zero-order valence-corrected chi connectivity index (χ0v) is 54.9. The van der Waals surface area contributed by atoms with Gasteiger partial charge in [-0.1, -0.05) is 103 Å². The predicted molar refractivity (Wildman–Crippen MR) is 312 cm³/mol. The Labute approximate surface area is 529 Å². The van der Waals surface area contributed by atoms with Crippen LogP contribution < -0.4 is 34.7 Å². The van der Waals surface area contributed by atoms with E-state index in [4.69, 9.17) is 99.5 Å². The van der Waals surface area contributed by atoms with Crippen LogP contribution in [0.15, 0.2) is 0 Å². The van der Waals surface area contributed by atoms with Crippen molar-refractivity contribution in [1.29, 1.82) is 0 Å². The van der Waals surface area contributed by atoms with Gasteiger partial charge in [-0.2, -0.15) is 0 Å². The normalized spacial score (nSPS) is 11.6. The van der Waals surface area contributed by atoms with Crippen molar-refractivity contribution in [1.82, 2.24) is 0 Å². The molecular formula is C60H119NaO23. The van der Waals surface area contributed by atoms with Gasteiger partial charge in [0.1, 0.15) is 0 Å². The van der Waals surface area contributed by atoms with Crippen LogP contribution in [0.4, 0.5) is 0 Å². The predicted octanol–water partition coefficient (Wildman–Crippen LogP) is 2.35. The number of carboxylic acids is 1. The summed E-state index contributed by atoms with van der Waals surface area (Å²) in [5.74, 6) is -1.25. The van der Waals surface area contributed by atoms with Gasteiger partial charge in [-0.3, -0.25) is 0 Å². The SMILES string of the molecule is CCCCCCCCCCCCCCCCCCOCCOCCOCCOCCOCCOCCOCCOCCOCCOCCOCCOCCOCCOCCOCCOCCOCCOCCOCCOCCOCC(=O)[O-].[Na+]. The Hall–Kier alpha value is -0.370. The van der Waals surface area contributed by atoms with Gasteiger partial charge >= 0.3 is 29.6 Å². The van der Waals surface area contributed by atoms with Crippen molar-refractivity contribution in [3.8, 4) is 0 Å². The van der Waals surface area contributed by atoms with Gasteiger partial charge in [0.25, 0.3) is 0 Å². The second-order valence-electron chi connectivity index (χ2n) is 19.0. The summed E-state index contributed by atoms with van der Waals surface area (Å²) in [5, 5.41) is 10.2. The summed E-state index contributed by atoms with van der Waals surface area (Å²) in [4.78, 5) is 10.2. The van der Waals surface area contributed by atoms with Crippen molar-refractivity contribution < 1.29 is 139 Å². The van der Waals surface area contributed by atoms with Crippen molar-refractivity contribution in [2.75, 3.05) is 277 Å². The van der Waals surface area contributed by atoms with Gasteiger partial charge in [0, 0.05) is 6.61 Å². The van der Waals surface area contributed by atoms with Crippen LogP contribution in [0.1, 0.15) is 110 Å². The Kier molecular flexibility index (Phi) is 84.3. The Morgan fingerprint density at radius 2 is 0.310 bits per heavy atom. The Morgan fingerprint density at radius 1 is 0.190 bits per heavy atom. The average Bonchev–Trinajstić information content (AvgIpc) is 3.48. The van der Waals surface area contributed by atoms with Crippen LogP contribution in [-0.2, 0) is 104 Å². The molecule has 84 heavy (non-hydrogen) atoms. The van der Waals surface area contributed by atoms with Gasteiger partial charge < -0.3 is 109 Å². The van der Waals surface area contributed by atoms with Gasteiger partial charge in [-0.05, 0) is 6.42 Å². The molecule has 0 amide bonds. The van der Waals surface area contributed by atoms with Crippen LogP contribution in [0.25, 0.3) is 0 Å². The van der Waals surface area contributed by atoms with E-state index in [2.05, 4.69) is 6.92 Å². The molecule has 0 aromatic carbocycles. The number of hydrogen-bond donors (Lipinski definition) is 0. The molecular weight excluding hydrogens is 1110 g/mol. The van der Waals surface area contributed by atoms with Crippen molar-refractivity contribution >= 4 is 5.97 Å². The fourth-order valence-corrected chi connectivity index (χ4v) is 7.31. The van der Waals surface area contributed by atoms with E-state index in [0.29, 0.717) is 258 Å². The average molecular weight is 1230 g/mol. The molecule has 0 aliphatic carbocycles. The van der Waals surface area contributed by atoms with E-state index in [1.807, 2.05) is 0 Å². The van der Waals surface area contributed by atoms with Gasteiger partial charge in [0.15, 0.2) is 0 Å². The van der Waals surface area contributed by atoms with Crippen LogP contribution in [0, 0.1) is 0 Å². The molecule has 0 spiro atoms. The topological polar surface area (TPSA) is 234 Å². The van der Waals surface area contributed by atoms with E-state index in [1.54, 1.807) is 0 Å². The standard InChI is InChI=1S/C60H120O23.Na/c1-2-3-4-5-6-7-8-9-10-11-12-13-14-15-16-17-18-63-19-20-64-21-22-65-23-24-66-25-26-67-27-28-68-29-30-69-31-32-70-33-34-71-35-36-72-37-38-73-39-40-74-41-42-75-43-44-76-45-46-77-47-48-78-49-50-79-51-52-80-53-54-81-55-56-82-57-58-83-59-60(61)62;/h2-59H2,1H3,(H,61,62);/q;+1/p-1. The molecule has 0 atom stereocenters. The number of carboxylic acid groups (broad SMARTS) is 1. The molecule has 0 aliphatic heterocycles. The Balaban J connectivity index is 0. The van der Waals surface area contributed by atoms with Crippen LogP contribution in [0.5, 0.6) is 0 Å². The number of rotatable bonds is 79. The van der Waals surface area contributed by atoms with Crippen LogP contribution in [-0.4, -0.2) is 283 Å². The summed E-state index contributed by atoms with van der Waals surface area (Å²) in [6.45, 7) is 21.9. The fraction of sp³-hybridized carbons (Fsp3) is 0.983. The smallest absolute Gasteiger partial charge is 0.548 e. The third-order valence-corrected chi connectivity index (χ3v) is 11.8. The first kappa shape index (κ1) is 85.7. The molecule has 0 fully saturated rings. The first-order valence-corrected chi connectivity index (χ1v) is 31.6. The summed E-state index contributed by atoms with van der Waals surface area (Å²) in [5.41, 5.74) is 0. The molecule has 0 aromatic heterocycles. The summed E-state index contributed by atoms with van der Waals surface area (Å²) >= 11 is 0. The maximum absolute atomic E-state index is 10.2. The van der Waals surface area contributed by atoms with Crippen molar-refractivity contribution in [3.05, 3.63) is 0 Å². The van der Waals surface area contributed by atoms with E-state index < -0.39 is 12.6 Å². The number of carbonyl (C=O) groups is 1. The molecule has 498 valence electrons. The molecule has 0 unspecified atom stereocenters. The zero-order valence-electron chi connectivity index (χ0n) is 52.9. The number of hydrogen-bond acceptors (Lipinski definition) is 23. The van der Waals surface area contributed by atoms with Crippen molar-refractivity contribution in [3.63, 3.8) is 0 Å². The van der Waals surface area contributed by atoms with E-state index in [0.717, 1.165) is 13.0 Å². The van der Waals surface area contributed by atoms with E-state index in [1.165, 1.54) is 96.3 Å². The van der Waals surface area contributed by atoms with Crippen LogP contribution in [0.2, 0.25) is 0 Å². The minimum Gasteiger partial charge on any atom is -0.548 e. The van der Waals surface area contributed by atoms with E-state index in [-0.39, 0.29) is 36.2 Å². The van der Waals surface area contributed by atoms with Gasteiger partial charge in [-0.25, -0.2) is 0 Å². The van der Waals surface area contributed by atoms with E-state index in [9.17, 15) is 9.90 Å². The molecule has 0 radical (unpaired) electrons. The van der Waals surface area contributed by atoms with Crippen LogP contribution >= 0.6 is 0 Å². The summed E-state index contributed by atoms with van der Waals surface area (Å²) in [6.07, 6.45) is 22.1. The zero-order chi connectivity index (χ0) is 59.4. The van der Waals surface area contributed by atoms with E-state index >= 15 is 0 Å². The maximum atomic E-state index is 10.2. The van der Waals surface area contributed by atoms with Gasteiger partial charge in [0.05, 0.1) is 277 Å². The first-order chi connectivity index (χ1) is 41.3. The van der Waals surface area contributed by atoms with Gasteiger partial charge in [-0.15, -0.1) is 0 Å². The summed E-state index contributed by atoms with van der Waals surface area (Å²) in [6, 6.07) is 0. The Bertz CT molecular complexity index is 1160. The molecule has 0 saturated carbocycles. The monoisotopic (exact) mass is 1230 g/mol. The maximum Gasteiger partial charge on any atom is 1.00 e.